The Labute approximate surface area is 155 Å². The molecule has 0 fully saturated rings. The van der Waals surface area contributed by atoms with Crippen LogP contribution in [0.2, 0.25) is 0 Å². The Balaban J connectivity index is 2.14. The van der Waals surface area contributed by atoms with E-state index in [1.807, 2.05) is 0 Å². The van der Waals surface area contributed by atoms with Crippen molar-refractivity contribution in [3.63, 3.8) is 0 Å². The van der Waals surface area contributed by atoms with Gasteiger partial charge >= 0.3 is 12.1 Å². The standard InChI is InChI=1S/C17H19NO6S2/c1-17(2,3)24-16(21)18-10-12-7-8-14(25-12)26(22,23)13-6-4-5-11(9-13)15(19)20/h4-9H,10H2,1-3H3,(H,18,21)(H,19,20). The number of ether oxygens (including phenoxy) is 1. The molecule has 0 radical (unpaired) electrons. The average Bonchev–Trinajstić information content (AvgIpc) is 3.01. The number of nitrogens with one attached hydrogen (secondary N) is 1. The van der Waals surface area contributed by atoms with Gasteiger partial charge in [-0.3, -0.25) is 0 Å². The van der Waals surface area contributed by atoms with Crippen molar-refractivity contribution in [3.8, 4) is 0 Å². The first kappa shape index (κ1) is 19.9. The highest BCUT2D eigenvalue weighted by atomic mass is 32.2. The van der Waals surface area contributed by atoms with Gasteiger partial charge in [0.15, 0.2) is 0 Å². The predicted molar refractivity (Wildman–Crippen MR) is 96.2 cm³/mol. The molecule has 0 atom stereocenters. The van der Waals surface area contributed by atoms with E-state index in [0.29, 0.717) is 4.88 Å². The van der Waals surface area contributed by atoms with Crippen LogP contribution in [-0.4, -0.2) is 31.2 Å². The Morgan fingerprint density at radius 2 is 1.88 bits per heavy atom. The minimum Gasteiger partial charge on any atom is -0.478 e. The van der Waals surface area contributed by atoms with Gasteiger partial charge in [0, 0.05) is 4.88 Å². The fourth-order valence-corrected chi connectivity index (χ4v) is 4.73. The van der Waals surface area contributed by atoms with Gasteiger partial charge in [-0.1, -0.05) is 6.07 Å². The van der Waals surface area contributed by atoms with Crippen LogP contribution in [0.25, 0.3) is 0 Å². The Bertz CT molecular complexity index is 925. The molecule has 0 saturated carbocycles. The van der Waals surface area contributed by atoms with Crippen LogP contribution in [0.4, 0.5) is 4.79 Å². The van der Waals surface area contributed by atoms with Gasteiger partial charge in [0.25, 0.3) is 0 Å². The number of hydrogen-bond donors (Lipinski definition) is 2. The summed E-state index contributed by atoms with van der Waals surface area (Å²) in [5.74, 6) is -1.20. The minimum absolute atomic E-state index is 0.0704. The second-order valence-corrected chi connectivity index (χ2v) is 9.76. The van der Waals surface area contributed by atoms with Crippen molar-refractivity contribution in [2.75, 3.05) is 0 Å². The number of sulfone groups is 1. The second kappa shape index (κ2) is 7.46. The van der Waals surface area contributed by atoms with E-state index in [2.05, 4.69) is 5.32 Å². The number of benzene rings is 1. The van der Waals surface area contributed by atoms with Gasteiger partial charge in [-0.15, -0.1) is 11.3 Å². The molecule has 0 bridgehead atoms. The maximum absolute atomic E-state index is 12.7. The van der Waals surface area contributed by atoms with Gasteiger partial charge in [-0.2, -0.15) is 0 Å². The molecule has 0 aliphatic heterocycles. The van der Waals surface area contributed by atoms with Gasteiger partial charge in [-0.25, -0.2) is 18.0 Å². The highest BCUT2D eigenvalue weighted by molar-refractivity contribution is 7.93. The fourth-order valence-electron chi connectivity index (χ4n) is 1.98. The lowest BCUT2D eigenvalue weighted by atomic mass is 10.2. The number of carboxylic acid groups (broad SMARTS) is 1. The lowest BCUT2D eigenvalue weighted by Gasteiger charge is -2.19. The number of rotatable bonds is 5. The van der Waals surface area contributed by atoms with Crippen LogP contribution in [0.5, 0.6) is 0 Å². The van der Waals surface area contributed by atoms with E-state index in [4.69, 9.17) is 9.84 Å². The first-order valence-electron chi connectivity index (χ1n) is 7.63. The largest absolute Gasteiger partial charge is 0.478 e. The third-order valence-corrected chi connectivity index (χ3v) is 6.43. The van der Waals surface area contributed by atoms with Crippen molar-refractivity contribution in [1.82, 2.24) is 5.32 Å². The highest BCUT2D eigenvalue weighted by Gasteiger charge is 2.22. The zero-order valence-electron chi connectivity index (χ0n) is 14.5. The molecule has 0 saturated heterocycles. The quantitative estimate of drug-likeness (QED) is 0.801. The normalized spacial score (nSPS) is 11.8. The van der Waals surface area contributed by atoms with Crippen LogP contribution in [0.1, 0.15) is 36.0 Å². The number of carbonyl (C=O) groups is 2. The molecule has 1 amide bonds. The van der Waals surface area contributed by atoms with Crippen LogP contribution in [0.15, 0.2) is 45.5 Å². The van der Waals surface area contributed by atoms with Crippen LogP contribution in [0.3, 0.4) is 0 Å². The molecule has 0 unspecified atom stereocenters. The molecule has 1 aromatic heterocycles. The molecule has 26 heavy (non-hydrogen) atoms. The van der Waals surface area contributed by atoms with Crippen LogP contribution in [-0.2, 0) is 21.1 Å². The number of alkyl carbamates (subject to hydrolysis) is 1. The summed E-state index contributed by atoms with van der Waals surface area (Å²) in [6, 6.07) is 8.20. The third kappa shape index (κ3) is 5.06. The van der Waals surface area contributed by atoms with Gasteiger partial charge < -0.3 is 15.2 Å². The monoisotopic (exact) mass is 397 g/mol. The van der Waals surface area contributed by atoms with Crippen LogP contribution >= 0.6 is 11.3 Å². The summed E-state index contributed by atoms with van der Waals surface area (Å²) in [5, 5.41) is 11.6. The lowest BCUT2D eigenvalue weighted by Crippen LogP contribution is -2.31. The topological polar surface area (TPSA) is 110 Å². The number of thiophene rings is 1. The molecule has 0 aliphatic rings. The van der Waals surface area contributed by atoms with E-state index in [1.165, 1.54) is 24.3 Å². The van der Waals surface area contributed by atoms with E-state index in [-0.39, 0.29) is 21.2 Å². The van der Waals surface area contributed by atoms with Crippen molar-refractivity contribution in [2.24, 2.45) is 0 Å². The summed E-state index contributed by atoms with van der Waals surface area (Å²) in [4.78, 5) is 23.2. The van der Waals surface area contributed by atoms with E-state index < -0.39 is 27.5 Å². The maximum Gasteiger partial charge on any atom is 0.407 e. The number of amides is 1. The zero-order valence-corrected chi connectivity index (χ0v) is 16.1. The zero-order chi connectivity index (χ0) is 19.5. The Morgan fingerprint density at radius 3 is 2.50 bits per heavy atom. The third-order valence-electron chi connectivity index (χ3n) is 3.10. The molecule has 9 heteroatoms. The summed E-state index contributed by atoms with van der Waals surface area (Å²) in [5.41, 5.74) is -0.724. The van der Waals surface area contributed by atoms with E-state index in [0.717, 1.165) is 17.4 Å². The van der Waals surface area contributed by atoms with Gasteiger partial charge in [-0.05, 0) is 51.1 Å². The lowest BCUT2D eigenvalue weighted by molar-refractivity contribution is 0.0523. The summed E-state index contributed by atoms with van der Waals surface area (Å²) in [6.07, 6.45) is -0.593. The van der Waals surface area contributed by atoms with Gasteiger partial charge in [0.1, 0.15) is 9.81 Å². The van der Waals surface area contributed by atoms with E-state index in [9.17, 15) is 18.0 Å². The Hall–Kier alpha value is -2.39. The molecular weight excluding hydrogens is 378 g/mol. The molecular formula is C17H19NO6S2. The van der Waals surface area contributed by atoms with Crippen LogP contribution < -0.4 is 5.32 Å². The Kier molecular flexibility index (Phi) is 5.72. The van der Waals surface area contributed by atoms with Crippen molar-refractivity contribution in [3.05, 3.63) is 46.8 Å². The number of aromatic carboxylic acids is 1. The first-order valence-corrected chi connectivity index (χ1v) is 9.93. The van der Waals surface area contributed by atoms with E-state index in [1.54, 1.807) is 26.8 Å². The molecule has 1 heterocycles. The van der Waals surface area contributed by atoms with Crippen molar-refractivity contribution >= 4 is 33.2 Å². The minimum atomic E-state index is -3.83. The summed E-state index contributed by atoms with van der Waals surface area (Å²) < 4.78 is 30.5. The molecule has 2 aromatic rings. The second-order valence-electron chi connectivity index (χ2n) is 6.41. The SMILES string of the molecule is CC(C)(C)OC(=O)NCc1ccc(S(=O)(=O)c2cccc(C(=O)O)c2)s1. The molecule has 0 spiro atoms. The Morgan fingerprint density at radius 1 is 1.19 bits per heavy atom. The highest BCUT2D eigenvalue weighted by Crippen LogP contribution is 2.28. The molecule has 0 aliphatic carbocycles. The van der Waals surface area contributed by atoms with Crippen molar-refractivity contribution in [2.45, 2.75) is 42.0 Å². The van der Waals surface area contributed by atoms with Gasteiger partial charge in [0.2, 0.25) is 9.84 Å². The average molecular weight is 397 g/mol. The van der Waals surface area contributed by atoms with Crippen molar-refractivity contribution < 1.29 is 27.9 Å². The van der Waals surface area contributed by atoms with Crippen LogP contribution in [0, 0.1) is 0 Å². The summed E-state index contributed by atoms with van der Waals surface area (Å²) in [6.45, 7) is 5.36. The number of hydrogen-bond acceptors (Lipinski definition) is 6. The summed E-state index contributed by atoms with van der Waals surface area (Å²) >= 11 is 1.00. The number of carbonyl (C=O) groups excluding carboxylic acids is 1. The molecule has 7 nitrogen and oxygen atoms in total. The maximum atomic E-state index is 12.7. The number of carboxylic acids is 1. The predicted octanol–water partition coefficient (Wildman–Crippen LogP) is 3.30. The fraction of sp³-hybridized carbons (Fsp3) is 0.294. The first-order chi connectivity index (χ1) is 12.0. The summed E-state index contributed by atoms with van der Waals surface area (Å²) in [7, 11) is -3.83. The molecule has 2 rings (SSSR count). The van der Waals surface area contributed by atoms with E-state index >= 15 is 0 Å². The van der Waals surface area contributed by atoms with Gasteiger partial charge in [0.05, 0.1) is 17.0 Å². The molecule has 2 N–H and O–H groups in total. The molecule has 140 valence electrons. The smallest absolute Gasteiger partial charge is 0.407 e. The van der Waals surface area contributed by atoms with Crippen molar-refractivity contribution in [1.29, 1.82) is 0 Å². The molecule has 1 aromatic carbocycles.